The van der Waals surface area contributed by atoms with Gasteiger partial charge in [0.15, 0.2) is 5.69 Å². The van der Waals surface area contributed by atoms with E-state index in [1.54, 1.807) is 13.8 Å². The van der Waals surface area contributed by atoms with Gasteiger partial charge >= 0.3 is 6.18 Å². The SMILES string of the molecule is Cc1ncc(C(=O)NC[C@@H]2CCc3nc(C(F)(F)F)cn3C2)c(C)n1. The van der Waals surface area contributed by atoms with Gasteiger partial charge in [0.25, 0.3) is 5.91 Å². The molecule has 9 heteroatoms. The molecule has 1 aliphatic rings. The topological polar surface area (TPSA) is 72.7 Å². The van der Waals surface area contributed by atoms with Crippen LogP contribution < -0.4 is 5.32 Å². The number of fused-ring (bicyclic) bond motifs is 1. The normalized spacial score (nSPS) is 17.2. The molecule has 0 spiro atoms. The monoisotopic (exact) mass is 353 g/mol. The van der Waals surface area contributed by atoms with E-state index in [9.17, 15) is 18.0 Å². The molecular weight excluding hydrogens is 335 g/mol. The zero-order valence-corrected chi connectivity index (χ0v) is 13.9. The van der Waals surface area contributed by atoms with E-state index in [2.05, 4.69) is 20.3 Å². The number of rotatable bonds is 3. The van der Waals surface area contributed by atoms with Crippen LogP contribution in [0.15, 0.2) is 12.4 Å². The Hall–Kier alpha value is -2.45. The standard InChI is InChI=1S/C16H18F3N5O/c1-9-12(6-20-10(2)22-9)15(25)21-5-11-3-4-14-23-13(16(17,18)19)8-24(14)7-11/h6,8,11H,3-5,7H2,1-2H3,(H,21,25)/t11-/m0/s1. The minimum absolute atomic E-state index is 0.0541. The van der Waals surface area contributed by atoms with Gasteiger partial charge < -0.3 is 9.88 Å². The summed E-state index contributed by atoms with van der Waals surface area (Å²) in [5, 5.41) is 2.82. The Balaban J connectivity index is 1.61. The van der Waals surface area contributed by atoms with Crippen molar-refractivity contribution in [3.8, 4) is 0 Å². The summed E-state index contributed by atoms with van der Waals surface area (Å²) in [7, 11) is 0. The Bertz CT molecular complexity index is 800. The summed E-state index contributed by atoms with van der Waals surface area (Å²) < 4.78 is 39.7. The lowest BCUT2D eigenvalue weighted by atomic mass is 9.99. The lowest BCUT2D eigenvalue weighted by molar-refractivity contribution is -0.141. The van der Waals surface area contributed by atoms with E-state index in [0.29, 0.717) is 48.8 Å². The lowest BCUT2D eigenvalue weighted by Gasteiger charge is -2.24. The maximum Gasteiger partial charge on any atom is 0.434 e. The molecular formula is C16H18F3N5O. The van der Waals surface area contributed by atoms with Gasteiger partial charge in [-0.25, -0.2) is 15.0 Å². The van der Waals surface area contributed by atoms with Crippen LogP contribution in [0.1, 0.15) is 39.8 Å². The fraction of sp³-hybridized carbons (Fsp3) is 0.500. The largest absolute Gasteiger partial charge is 0.434 e. The summed E-state index contributed by atoms with van der Waals surface area (Å²) in [4.78, 5) is 24.1. The first-order valence-corrected chi connectivity index (χ1v) is 7.95. The molecule has 25 heavy (non-hydrogen) atoms. The number of carbonyl (C=O) groups excluding carboxylic acids is 1. The van der Waals surface area contributed by atoms with Crippen molar-refractivity contribution < 1.29 is 18.0 Å². The molecule has 1 N–H and O–H groups in total. The molecule has 0 saturated carbocycles. The van der Waals surface area contributed by atoms with Gasteiger partial charge in [0.2, 0.25) is 0 Å². The Morgan fingerprint density at radius 1 is 1.36 bits per heavy atom. The molecule has 0 fully saturated rings. The molecule has 0 aromatic carbocycles. The number of imidazole rings is 1. The van der Waals surface area contributed by atoms with Crippen molar-refractivity contribution in [2.75, 3.05) is 6.54 Å². The van der Waals surface area contributed by atoms with Gasteiger partial charge in [-0.2, -0.15) is 13.2 Å². The third-order valence-corrected chi connectivity index (χ3v) is 4.28. The number of amides is 1. The van der Waals surface area contributed by atoms with Gasteiger partial charge in [-0.1, -0.05) is 0 Å². The Labute approximate surface area is 142 Å². The molecule has 1 aliphatic heterocycles. The molecule has 0 radical (unpaired) electrons. The highest BCUT2D eigenvalue weighted by molar-refractivity contribution is 5.94. The first-order valence-electron chi connectivity index (χ1n) is 7.95. The Morgan fingerprint density at radius 2 is 2.12 bits per heavy atom. The molecule has 0 unspecified atom stereocenters. The Morgan fingerprint density at radius 3 is 2.80 bits per heavy atom. The maximum absolute atomic E-state index is 12.7. The van der Waals surface area contributed by atoms with Crippen molar-refractivity contribution in [3.63, 3.8) is 0 Å². The van der Waals surface area contributed by atoms with Gasteiger partial charge in [0.05, 0.1) is 11.3 Å². The summed E-state index contributed by atoms with van der Waals surface area (Å²) >= 11 is 0. The number of aromatic nitrogens is 4. The van der Waals surface area contributed by atoms with Gasteiger partial charge in [-0.15, -0.1) is 0 Å². The summed E-state index contributed by atoms with van der Waals surface area (Å²) in [6.45, 7) is 4.27. The number of aryl methyl sites for hydroxylation is 3. The second kappa shape index (κ2) is 6.45. The van der Waals surface area contributed by atoms with Crippen LogP contribution in [0.2, 0.25) is 0 Å². The molecule has 3 heterocycles. The fourth-order valence-corrected chi connectivity index (χ4v) is 2.96. The molecule has 134 valence electrons. The minimum Gasteiger partial charge on any atom is -0.352 e. The second-order valence-corrected chi connectivity index (χ2v) is 6.22. The number of hydrogen-bond donors (Lipinski definition) is 1. The summed E-state index contributed by atoms with van der Waals surface area (Å²) in [5.41, 5.74) is 0.143. The van der Waals surface area contributed by atoms with Crippen molar-refractivity contribution in [3.05, 3.63) is 41.0 Å². The number of hydrogen-bond acceptors (Lipinski definition) is 4. The summed E-state index contributed by atoms with van der Waals surface area (Å²) in [6.07, 6.45) is -0.767. The van der Waals surface area contributed by atoms with Crippen molar-refractivity contribution >= 4 is 5.91 Å². The summed E-state index contributed by atoms with van der Waals surface area (Å²) in [6, 6.07) is 0. The predicted octanol–water partition coefficient (Wildman–Crippen LogP) is 2.30. The van der Waals surface area contributed by atoms with Crippen molar-refractivity contribution in [2.24, 2.45) is 5.92 Å². The molecule has 1 atom stereocenters. The molecule has 3 rings (SSSR count). The van der Waals surface area contributed by atoms with Crippen molar-refractivity contribution in [2.45, 2.75) is 39.4 Å². The number of nitrogens with zero attached hydrogens (tertiary/aromatic N) is 4. The van der Waals surface area contributed by atoms with E-state index in [1.165, 1.54) is 10.8 Å². The van der Waals surface area contributed by atoms with Crippen LogP contribution in [0, 0.1) is 19.8 Å². The van der Waals surface area contributed by atoms with Crippen LogP contribution in [0.4, 0.5) is 13.2 Å². The fourth-order valence-electron chi connectivity index (χ4n) is 2.96. The van der Waals surface area contributed by atoms with Gasteiger partial charge in [-0.3, -0.25) is 4.79 Å². The number of carbonyl (C=O) groups is 1. The Kier molecular flexibility index (Phi) is 4.49. The molecule has 1 amide bonds. The van der Waals surface area contributed by atoms with E-state index in [1.807, 2.05) is 0 Å². The van der Waals surface area contributed by atoms with Crippen LogP contribution in [-0.4, -0.2) is 32.0 Å². The van der Waals surface area contributed by atoms with Gasteiger partial charge in [0.1, 0.15) is 11.6 Å². The summed E-state index contributed by atoms with van der Waals surface area (Å²) in [5.74, 6) is 0.815. The van der Waals surface area contributed by atoms with E-state index in [-0.39, 0.29) is 11.8 Å². The van der Waals surface area contributed by atoms with Gasteiger partial charge in [0, 0.05) is 31.9 Å². The highest BCUT2D eigenvalue weighted by atomic mass is 19.4. The van der Waals surface area contributed by atoms with E-state index < -0.39 is 11.9 Å². The third-order valence-electron chi connectivity index (χ3n) is 4.28. The second-order valence-electron chi connectivity index (χ2n) is 6.22. The highest BCUT2D eigenvalue weighted by Gasteiger charge is 2.35. The molecule has 2 aromatic heterocycles. The lowest BCUT2D eigenvalue weighted by Crippen LogP contribution is -2.34. The van der Waals surface area contributed by atoms with Crippen LogP contribution in [0.25, 0.3) is 0 Å². The van der Waals surface area contributed by atoms with Crippen LogP contribution in [0.5, 0.6) is 0 Å². The maximum atomic E-state index is 12.7. The smallest absolute Gasteiger partial charge is 0.352 e. The average molecular weight is 353 g/mol. The van der Waals surface area contributed by atoms with E-state index in [0.717, 1.165) is 6.20 Å². The first-order chi connectivity index (χ1) is 11.7. The molecule has 2 aromatic rings. The average Bonchev–Trinajstić information content (AvgIpc) is 2.96. The van der Waals surface area contributed by atoms with E-state index >= 15 is 0 Å². The number of alkyl halides is 3. The molecule has 0 saturated heterocycles. The van der Waals surface area contributed by atoms with Gasteiger partial charge in [-0.05, 0) is 26.2 Å². The number of nitrogens with one attached hydrogen (secondary N) is 1. The van der Waals surface area contributed by atoms with E-state index in [4.69, 9.17) is 0 Å². The zero-order valence-electron chi connectivity index (χ0n) is 13.9. The van der Waals surface area contributed by atoms with Crippen molar-refractivity contribution in [1.82, 2.24) is 24.8 Å². The third kappa shape index (κ3) is 3.80. The van der Waals surface area contributed by atoms with Crippen molar-refractivity contribution in [1.29, 1.82) is 0 Å². The molecule has 0 bridgehead atoms. The minimum atomic E-state index is -4.43. The quantitative estimate of drug-likeness (QED) is 0.919. The predicted molar refractivity (Wildman–Crippen MR) is 82.9 cm³/mol. The molecule has 0 aliphatic carbocycles. The highest BCUT2D eigenvalue weighted by Crippen LogP contribution is 2.30. The molecule has 6 nitrogen and oxygen atoms in total. The van der Waals surface area contributed by atoms with Crippen LogP contribution in [0.3, 0.4) is 0 Å². The zero-order chi connectivity index (χ0) is 18.2. The van der Waals surface area contributed by atoms with Crippen LogP contribution >= 0.6 is 0 Å². The van der Waals surface area contributed by atoms with Crippen LogP contribution in [-0.2, 0) is 19.1 Å². The number of halogens is 3. The first kappa shape index (κ1) is 17.4.